The zero-order chi connectivity index (χ0) is 23.8. The Labute approximate surface area is 228 Å². The van der Waals surface area contributed by atoms with E-state index < -0.39 is 6.10 Å². The summed E-state index contributed by atoms with van der Waals surface area (Å²) >= 11 is 16.2. The molecule has 5 rings (SSSR count). The second-order valence-electron chi connectivity index (χ2n) is 8.45. The van der Waals surface area contributed by atoms with E-state index >= 15 is 0 Å². The van der Waals surface area contributed by atoms with Gasteiger partial charge in [0.1, 0.15) is 0 Å². The second-order valence-corrected chi connectivity index (χ2v) is 13.4. The molecular formula is C26H23BrCl2IN2O2-. The molecule has 0 aromatic heterocycles. The molecule has 1 N–H and O–H groups in total. The fourth-order valence-electron chi connectivity index (χ4n) is 4.49. The fourth-order valence-corrected chi connectivity index (χ4v) is 7.00. The van der Waals surface area contributed by atoms with Crippen LogP contribution in [0.25, 0.3) is 0 Å². The molecule has 1 unspecified atom stereocenters. The average molecular weight is 673 g/mol. The number of nitrogens with zero attached hydrogens (tertiary/aromatic N) is 2. The first kappa shape index (κ1) is 24.4. The first-order valence-corrected chi connectivity index (χ1v) is 15.3. The van der Waals surface area contributed by atoms with Crippen LogP contribution >= 0.6 is 39.1 Å². The van der Waals surface area contributed by atoms with Gasteiger partial charge in [-0.15, -0.1) is 0 Å². The molecule has 34 heavy (non-hydrogen) atoms. The van der Waals surface area contributed by atoms with Crippen molar-refractivity contribution in [3.05, 3.63) is 97.9 Å². The molecule has 4 nitrogen and oxygen atoms in total. The van der Waals surface area contributed by atoms with Crippen LogP contribution in [0.15, 0.2) is 71.2 Å². The molecule has 3 atom stereocenters. The number of benzene rings is 3. The maximum absolute atomic E-state index is 13.4. The molecule has 178 valence electrons. The summed E-state index contributed by atoms with van der Waals surface area (Å²) in [6, 6.07) is 21.3. The fraction of sp³-hybridized carbons (Fsp3) is 0.269. The molecule has 8 heteroatoms. The molecule has 3 aromatic carbocycles. The van der Waals surface area contributed by atoms with Crippen LogP contribution in [0.4, 0.5) is 5.69 Å². The number of alkyl halides is 2. The average Bonchev–Trinajstić information content (AvgIpc) is 3.69. The van der Waals surface area contributed by atoms with Crippen LogP contribution < -0.4 is 26.1 Å². The van der Waals surface area contributed by atoms with Crippen molar-refractivity contribution in [2.75, 3.05) is 29.0 Å². The van der Waals surface area contributed by atoms with Gasteiger partial charge in [-0.2, -0.15) is 0 Å². The quantitative estimate of drug-likeness (QED) is 0.335. The second kappa shape index (κ2) is 10.3. The number of halogens is 4. The summed E-state index contributed by atoms with van der Waals surface area (Å²) in [5.74, 6) is -0.282. The Bertz CT molecular complexity index is 1210. The van der Waals surface area contributed by atoms with E-state index in [4.69, 9.17) is 23.2 Å². The van der Waals surface area contributed by atoms with Crippen molar-refractivity contribution in [2.45, 2.75) is 16.1 Å². The molecule has 0 saturated carbocycles. The monoisotopic (exact) mass is 671 g/mol. The van der Waals surface area contributed by atoms with Crippen LogP contribution in [0.1, 0.15) is 32.8 Å². The van der Waals surface area contributed by atoms with Gasteiger partial charge in [-0.05, 0) is 0 Å². The first-order valence-electron chi connectivity index (χ1n) is 11.0. The molecule has 0 bridgehead atoms. The van der Waals surface area contributed by atoms with E-state index in [9.17, 15) is 9.90 Å². The van der Waals surface area contributed by atoms with Crippen molar-refractivity contribution in [3.63, 3.8) is 0 Å². The third-order valence-corrected chi connectivity index (χ3v) is 9.97. The van der Waals surface area contributed by atoms with Gasteiger partial charge in [0, 0.05) is 0 Å². The number of carbonyl (C=O) groups is 1. The van der Waals surface area contributed by atoms with E-state index in [0.29, 0.717) is 34.1 Å². The number of anilines is 1. The van der Waals surface area contributed by atoms with E-state index in [1.165, 1.54) is 15.7 Å². The van der Waals surface area contributed by atoms with Crippen molar-refractivity contribution in [1.29, 1.82) is 0 Å². The van der Waals surface area contributed by atoms with Crippen LogP contribution in [-0.2, 0) is 4.79 Å². The molecule has 1 amide bonds. The number of hydrogen-bond donors (Lipinski definition) is 1. The van der Waals surface area contributed by atoms with Crippen LogP contribution in [0.2, 0.25) is 10.0 Å². The number of amides is 1. The van der Waals surface area contributed by atoms with Gasteiger partial charge in [0.05, 0.1) is 0 Å². The van der Waals surface area contributed by atoms with Gasteiger partial charge in [0.15, 0.2) is 0 Å². The summed E-state index contributed by atoms with van der Waals surface area (Å²) in [6.07, 6.45) is -1.21. The zero-order valence-electron chi connectivity index (χ0n) is 18.2. The molecule has 0 spiro atoms. The molecule has 3 aromatic rings. The van der Waals surface area contributed by atoms with Crippen molar-refractivity contribution >= 4 is 50.7 Å². The van der Waals surface area contributed by atoms with Crippen LogP contribution in [0.3, 0.4) is 0 Å². The summed E-state index contributed by atoms with van der Waals surface area (Å²) in [5.41, 5.74) is 4.19. The SMILES string of the molecule is O=C(C(O)c1ccccc1Br)N1CCN(c2ccc(Cl)cc2[C@@H]2C[I-]2)[C@H](c2ccc(Cl)cc2)C1. The molecular weight excluding hydrogens is 650 g/mol. The third-order valence-electron chi connectivity index (χ3n) is 6.33. The summed E-state index contributed by atoms with van der Waals surface area (Å²) in [4.78, 5) is 17.5. The molecule has 2 fully saturated rings. The zero-order valence-corrected chi connectivity index (χ0v) is 23.4. The van der Waals surface area contributed by atoms with E-state index in [0.717, 1.165) is 15.1 Å². The number of piperazine rings is 1. The normalized spacial score (nSPS) is 21.1. The number of carbonyl (C=O) groups excluding carboxylic acids is 1. The Morgan fingerprint density at radius 1 is 1.03 bits per heavy atom. The van der Waals surface area contributed by atoms with Gasteiger partial charge in [0.2, 0.25) is 0 Å². The summed E-state index contributed by atoms with van der Waals surface area (Å²) in [6.45, 7) is 1.68. The van der Waals surface area contributed by atoms with Crippen molar-refractivity contribution in [2.24, 2.45) is 0 Å². The molecule has 0 aliphatic carbocycles. The number of hydrogen-bond acceptors (Lipinski definition) is 3. The van der Waals surface area contributed by atoms with E-state index in [1.807, 2.05) is 48.5 Å². The topological polar surface area (TPSA) is 43.8 Å². The standard InChI is InChI=1S/C26H23BrCl2IN2O2/c27-21-4-2-1-3-19(21)25(33)26(34)31-11-12-32(24(15-31)16-5-7-17(28)8-6-16)23-10-9-18(29)13-20(23)22-14-30-22/h1-10,13,22,24-25,33H,11-12,14-15H2/q-1/t22-,24-,25?/m0/s1. The predicted octanol–water partition coefficient (Wildman–Crippen LogP) is 3.02. The number of rotatable bonds is 5. The third kappa shape index (κ3) is 5.12. The summed E-state index contributed by atoms with van der Waals surface area (Å²) in [5, 5.41) is 12.3. The minimum atomic E-state index is -1.21. The van der Waals surface area contributed by atoms with Crippen molar-refractivity contribution in [3.8, 4) is 0 Å². The molecule has 2 aliphatic heterocycles. The van der Waals surface area contributed by atoms with Crippen LogP contribution in [-0.4, -0.2) is 40.0 Å². The molecule has 2 aliphatic rings. The van der Waals surface area contributed by atoms with Gasteiger partial charge in [0.25, 0.3) is 0 Å². The Hall–Kier alpha value is -1.32. The van der Waals surface area contributed by atoms with Crippen molar-refractivity contribution in [1.82, 2.24) is 4.90 Å². The summed E-state index contributed by atoms with van der Waals surface area (Å²) in [7, 11) is 0. The number of aliphatic hydroxyl groups excluding tert-OH is 1. The predicted molar refractivity (Wildman–Crippen MR) is 136 cm³/mol. The van der Waals surface area contributed by atoms with Crippen LogP contribution in [0, 0.1) is 0 Å². The van der Waals surface area contributed by atoms with Gasteiger partial charge < -0.3 is 0 Å². The van der Waals surface area contributed by atoms with E-state index in [1.54, 1.807) is 11.0 Å². The summed E-state index contributed by atoms with van der Waals surface area (Å²) < 4.78 is 2.66. The van der Waals surface area contributed by atoms with E-state index in [2.05, 4.69) is 33.0 Å². The number of aliphatic hydroxyl groups is 1. The molecule has 2 saturated heterocycles. The minimum absolute atomic E-state index is 0.0572. The maximum atomic E-state index is 13.4. The van der Waals surface area contributed by atoms with E-state index in [-0.39, 0.29) is 33.2 Å². The van der Waals surface area contributed by atoms with Gasteiger partial charge >= 0.3 is 224 Å². The van der Waals surface area contributed by atoms with Gasteiger partial charge in [-0.1, -0.05) is 6.07 Å². The Morgan fingerprint density at radius 2 is 1.74 bits per heavy atom. The Morgan fingerprint density at radius 3 is 2.44 bits per heavy atom. The van der Waals surface area contributed by atoms with Crippen LogP contribution in [0.5, 0.6) is 0 Å². The Balaban J connectivity index is 1.47. The van der Waals surface area contributed by atoms with Crippen molar-refractivity contribution < 1.29 is 31.1 Å². The van der Waals surface area contributed by atoms with Gasteiger partial charge in [-0.25, -0.2) is 0 Å². The molecule has 2 heterocycles. The Kier molecular flexibility index (Phi) is 7.42. The van der Waals surface area contributed by atoms with Gasteiger partial charge in [-0.3, -0.25) is 0 Å². The first-order chi connectivity index (χ1) is 16.4. The molecule has 0 radical (unpaired) electrons.